The number of hydrogen-bond donors (Lipinski definition) is 0. The molecule has 0 spiro atoms. The van der Waals surface area contributed by atoms with Crippen LogP contribution < -0.4 is 0 Å². The molecule has 2 nitrogen and oxygen atoms in total. The average Bonchev–Trinajstić information content (AvgIpc) is 2.73. The van der Waals surface area contributed by atoms with Gasteiger partial charge in [-0.3, -0.25) is 9.78 Å². The van der Waals surface area contributed by atoms with Gasteiger partial charge in [0, 0.05) is 17.3 Å². The van der Waals surface area contributed by atoms with Gasteiger partial charge in [0.15, 0.2) is 6.29 Å². The molecule has 0 atom stereocenters. The normalized spacial score (nSPS) is 13.7. The molecule has 0 unspecified atom stereocenters. The van der Waals surface area contributed by atoms with Crippen molar-refractivity contribution in [2.75, 3.05) is 0 Å². The Labute approximate surface area is 152 Å². The Morgan fingerprint density at radius 3 is 2.50 bits per heavy atom. The number of aldehydes is 1. The molecule has 1 aromatic heterocycles. The monoisotopic (exact) mass is 337 g/mol. The molecule has 4 aromatic rings. The molecule has 0 radical (unpaired) electrons. The summed E-state index contributed by atoms with van der Waals surface area (Å²) in [5.41, 5.74) is 5.41. The van der Waals surface area contributed by atoms with Crippen LogP contribution in [0.1, 0.15) is 34.3 Å². The fourth-order valence-corrected chi connectivity index (χ4v) is 4.36. The maximum absolute atomic E-state index is 11.6. The number of nitrogens with zero attached hydrogens (tertiary/aromatic N) is 1. The van der Waals surface area contributed by atoms with Crippen molar-refractivity contribution in [2.45, 2.75) is 25.7 Å². The highest BCUT2D eigenvalue weighted by molar-refractivity contribution is 6.15. The second-order valence-corrected chi connectivity index (χ2v) is 7.03. The number of carbonyl (C=O) groups is 1. The van der Waals surface area contributed by atoms with Crippen LogP contribution in [0.25, 0.3) is 32.8 Å². The number of fused-ring (bicyclic) bond motifs is 5. The highest BCUT2D eigenvalue weighted by Gasteiger charge is 2.17. The summed E-state index contributed by atoms with van der Waals surface area (Å²) in [5.74, 6) is 0. The molecule has 1 aliphatic rings. The van der Waals surface area contributed by atoms with Gasteiger partial charge in [-0.25, -0.2) is 0 Å². The summed E-state index contributed by atoms with van der Waals surface area (Å²) >= 11 is 0. The van der Waals surface area contributed by atoms with Crippen LogP contribution in [0, 0.1) is 0 Å². The highest BCUT2D eigenvalue weighted by atomic mass is 16.1. The van der Waals surface area contributed by atoms with Crippen LogP contribution in [-0.4, -0.2) is 11.3 Å². The molecule has 0 fully saturated rings. The van der Waals surface area contributed by atoms with Gasteiger partial charge >= 0.3 is 0 Å². The first-order valence-electron chi connectivity index (χ1n) is 9.23. The number of benzene rings is 3. The van der Waals surface area contributed by atoms with E-state index in [9.17, 15) is 4.79 Å². The van der Waals surface area contributed by atoms with Crippen molar-refractivity contribution in [3.05, 3.63) is 77.5 Å². The molecule has 0 saturated heterocycles. The summed E-state index contributed by atoms with van der Waals surface area (Å²) in [6.07, 6.45) is 7.49. The molecule has 1 heterocycles. The molecule has 0 amide bonds. The third-order valence-electron chi connectivity index (χ3n) is 5.59. The molecule has 126 valence electrons. The summed E-state index contributed by atoms with van der Waals surface area (Å²) in [7, 11) is 0. The molecule has 1 aliphatic carbocycles. The minimum Gasteiger partial charge on any atom is -0.298 e. The van der Waals surface area contributed by atoms with E-state index in [1.54, 1.807) is 6.20 Å². The molecule has 5 rings (SSSR count). The lowest BCUT2D eigenvalue weighted by molar-refractivity contribution is 0.112. The first-order chi connectivity index (χ1) is 12.9. The largest absolute Gasteiger partial charge is 0.298 e. The maximum atomic E-state index is 11.6. The first kappa shape index (κ1) is 15.3. The van der Waals surface area contributed by atoms with Gasteiger partial charge in [-0.2, -0.15) is 0 Å². The quantitative estimate of drug-likeness (QED) is 0.344. The van der Waals surface area contributed by atoms with Gasteiger partial charge in [0.05, 0.1) is 5.69 Å². The Morgan fingerprint density at radius 2 is 1.62 bits per heavy atom. The van der Waals surface area contributed by atoms with E-state index in [4.69, 9.17) is 0 Å². The molecule has 0 aliphatic heterocycles. The van der Waals surface area contributed by atoms with Crippen molar-refractivity contribution in [2.24, 2.45) is 0 Å². The minimum absolute atomic E-state index is 0.641. The molecule has 26 heavy (non-hydrogen) atoms. The number of pyridine rings is 1. The standard InChI is InChI=1S/C24H19NO/c26-15-17-7-5-13-25-24(17)23-14-22-18-8-2-1-6-16(18)11-12-21(22)19-9-3-4-10-20(19)23/h3-5,7,9-15H,1-2,6,8H2. The molecule has 2 heteroatoms. The van der Waals surface area contributed by atoms with Crippen LogP contribution in [0.4, 0.5) is 0 Å². The molecule has 0 N–H and O–H groups in total. The number of rotatable bonds is 2. The van der Waals surface area contributed by atoms with E-state index < -0.39 is 0 Å². The number of hydrogen-bond acceptors (Lipinski definition) is 2. The summed E-state index contributed by atoms with van der Waals surface area (Å²) in [4.78, 5) is 16.2. The zero-order valence-corrected chi connectivity index (χ0v) is 14.5. The van der Waals surface area contributed by atoms with E-state index in [2.05, 4.69) is 47.4 Å². The third-order valence-corrected chi connectivity index (χ3v) is 5.59. The van der Waals surface area contributed by atoms with Crippen molar-refractivity contribution in [3.8, 4) is 11.3 Å². The highest BCUT2D eigenvalue weighted by Crippen LogP contribution is 2.38. The second kappa shape index (κ2) is 6.06. The summed E-state index contributed by atoms with van der Waals surface area (Å²) < 4.78 is 0. The van der Waals surface area contributed by atoms with E-state index >= 15 is 0 Å². The fourth-order valence-electron chi connectivity index (χ4n) is 4.36. The van der Waals surface area contributed by atoms with Crippen LogP contribution >= 0.6 is 0 Å². The Morgan fingerprint density at radius 1 is 0.808 bits per heavy atom. The second-order valence-electron chi connectivity index (χ2n) is 7.03. The Balaban J connectivity index is 1.94. The van der Waals surface area contributed by atoms with Gasteiger partial charge in [0.2, 0.25) is 0 Å². The van der Waals surface area contributed by atoms with E-state index in [0.717, 1.165) is 35.8 Å². The van der Waals surface area contributed by atoms with Crippen molar-refractivity contribution < 1.29 is 4.79 Å². The maximum Gasteiger partial charge on any atom is 0.152 e. The lowest BCUT2D eigenvalue weighted by Gasteiger charge is -2.20. The van der Waals surface area contributed by atoms with Crippen LogP contribution in [0.3, 0.4) is 0 Å². The van der Waals surface area contributed by atoms with E-state index in [-0.39, 0.29) is 0 Å². The molecular formula is C24H19NO. The van der Waals surface area contributed by atoms with Gasteiger partial charge in [-0.05, 0) is 76.6 Å². The Bertz CT molecular complexity index is 1160. The smallest absolute Gasteiger partial charge is 0.152 e. The van der Waals surface area contributed by atoms with Gasteiger partial charge in [-0.1, -0.05) is 36.4 Å². The van der Waals surface area contributed by atoms with Gasteiger partial charge < -0.3 is 0 Å². The van der Waals surface area contributed by atoms with Gasteiger partial charge in [-0.15, -0.1) is 0 Å². The average molecular weight is 337 g/mol. The molecule has 0 bridgehead atoms. The zero-order chi connectivity index (χ0) is 17.5. The van der Waals surface area contributed by atoms with Crippen LogP contribution in [0.5, 0.6) is 0 Å². The predicted octanol–water partition coefficient (Wildman–Crippen LogP) is 5.75. The van der Waals surface area contributed by atoms with Crippen molar-refractivity contribution in [1.29, 1.82) is 0 Å². The predicted molar refractivity (Wildman–Crippen MR) is 107 cm³/mol. The Kier molecular flexibility index (Phi) is 3.56. The Hall–Kier alpha value is -3.00. The van der Waals surface area contributed by atoms with E-state index in [1.165, 1.54) is 40.1 Å². The van der Waals surface area contributed by atoms with Gasteiger partial charge in [0.25, 0.3) is 0 Å². The van der Waals surface area contributed by atoms with Crippen LogP contribution in [0.15, 0.2) is 60.8 Å². The SMILES string of the molecule is O=Cc1cccnc1-c1cc2c3c(ccc2c2ccccc12)CCCC3. The molecule has 3 aromatic carbocycles. The first-order valence-corrected chi connectivity index (χ1v) is 9.23. The third kappa shape index (κ3) is 2.26. The number of aryl methyl sites for hydroxylation is 2. The summed E-state index contributed by atoms with van der Waals surface area (Å²) in [5, 5.41) is 5.00. The minimum atomic E-state index is 0.641. The fraction of sp³-hybridized carbons (Fsp3) is 0.167. The summed E-state index contributed by atoms with van der Waals surface area (Å²) in [6, 6.07) is 19.0. The van der Waals surface area contributed by atoms with Crippen molar-refractivity contribution in [1.82, 2.24) is 4.98 Å². The topological polar surface area (TPSA) is 30.0 Å². The summed E-state index contributed by atoms with van der Waals surface area (Å²) in [6.45, 7) is 0. The lowest BCUT2D eigenvalue weighted by atomic mass is 9.85. The van der Waals surface area contributed by atoms with Crippen LogP contribution in [0.2, 0.25) is 0 Å². The van der Waals surface area contributed by atoms with E-state index in [0.29, 0.717) is 5.56 Å². The molecular weight excluding hydrogens is 318 g/mol. The number of aromatic nitrogens is 1. The van der Waals surface area contributed by atoms with Gasteiger partial charge in [0.1, 0.15) is 0 Å². The number of carbonyl (C=O) groups excluding carboxylic acids is 1. The van der Waals surface area contributed by atoms with Crippen LogP contribution in [-0.2, 0) is 12.8 Å². The zero-order valence-electron chi connectivity index (χ0n) is 14.5. The lowest BCUT2D eigenvalue weighted by Crippen LogP contribution is -2.03. The van der Waals surface area contributed by atoms with E-state index in [1.807, 2.05) is 12.1 Å². The van der Waals surface area contributed by atoms with Crippen molar-refractivity contribution in [3.63, 3.8) is 0 Å². The molecule has 0 saturated carbocycles. The van der Waals surface area contributed by atoms with Crippen molar-refractivity contribution >= 4 is 27.8 Å².